The average Bonchev–Trinajstić information content (AvgIpc) is 3.12. The Bertz CT molecular complexity index is 858. The fourth-order valence-electron chi connectivity index (χ4n) is 4.13. The fraction of sp³-hybridized carbons (Fsp3) is 0.524. The Kier molecular flexibility index (Phi) is 6.32. The number of hydrogen-bond donors (Lipinski definition) is 1. The van der Waals surface area contributed by atoms with Crippen molar-refractivity contribution >= 4 is 34.8 Å². The van der Waals surface area contributed by atoms with Crippen molar-refractivity contribution in [1.29, 1.82) is 0 Å². The predicted octanol–water partition coefficient (Wildman–Crippen LogP) is 4.01. The average molecular weight is 437 g/mol. The molecule has 8 heteroatoms. The topological polar surface area (TPSA) is 61.6 Å². The van der Waals surface area contributed by atoms with Crippen LogP contribution in [0.5, 0.6) is 0 Å². The van der Waals surface area contributed by atoms with E-state index in [2.05, 4.69) is 20.1 Å². The molecule has 1 aromatic heterocycles. The van der Waals surface area contributed by atoms with Gasteiger partial charge in [0, 0.05) is 39.1 Å². The minimum atomic E-state index is -0.162. The number of nitrogens with one attached hydrogen (secondary N) is 1. The summed E-state index contributed by atoms with van der Waals surface area (Å²) in [4.78, 5) is 20.9. The highest BCUT2D eigenvalue weighted by Crippen LogP contribution is 2.33. The van der Waals surface area contributed by atoms with Crippen molar-refractivity contribution in [2.45, 2.75) is 32.2 Å². The molecule has 6 nitrogen and oxygen atoms in total. The second-order valence-electron chi connectivity index (χ2n) is 7.94. The number of carbonyl (C=O) groups is 1. The summed E-state index contributed by atoms with van der Waals surface area (Å²) in [5, 5.41) is 4.28. The van der Waals surface area contributed by atoms with Crippen molar-refractivity contribution in [1.82, 2.24) is 15.2 Å². The van der Waals surface area contributed by atoms with Crippen LogP contribution in [0.2, 0.25) is 10.0 Å². The molecular formula is C21H26Cl2N4O2. The van der Waals surface area contributed by atoms with Gasteiger partial charge in [0.2, 0.25) is 5.76 Å². The zero-order valence-electron chi connectivity index (χ0n) is 16.5. The summed E-state index contributed by atoms with van der Waals surface area (Å²) in [6, 6.07) is 6.06. The third-order valence-electron chi connectivity index (χ3n) is 5.91. The van der Waals surface area contributed by atoms with Crippen LogP contribution in [0, 0.1) is 12.8 Å². The molecule has 29 heavy (non-hydrogen) atoms. The van der Waals surface area contributed by atoms with Gasteiger partial charge in [-0.1, -0.05) is 29.3 Å². The molecular weight excluding hydrogens is 411 g/mol. The van der Waals surface area contributed by atoms with Gasteiger partial charge in [-0.3, -0.25) is 9.69 Å². The molecule has 0 radical (unpaired) electrons. The Morgan fingerprint density at radius 2 is 2.00 bits per heavy atom. The SMILES string of the molecule is Cc1ncc(C(=O)N[C@H]2C[C@@H](CCN3CCN(c4cccc(Cl)c4Cl)CC3)C2)o1. The third kappa shape index (κ3) is 4.87. The van der Waals surface area contributed by atoms with Crippen LogP contribution >= 0.6 is 23.2 Å². The quantitative estimate of drug-likeness (QED) is 0.740. The number of halogens is 2. The van der Waals surface area contributed by atoms with Crippen LogP contribution in [0.25, 0.3) is 0 Å². The van der Waals surface area contributed by atoms with E-state index in [1.54, 1.807) is 6.92 Å². The second-order valence-corrected chi connectivity index (χ2v) is 8.73. The number of oxazole rings is 1. The van der Waals surface area contributed by atoms with Crippen LogP contribution in [-0.2, 0) is 0 Å². The lowest BCUT2D eigenvalue weighted by Gasteiger charge is -2.39. The molecule has 0 atom stereocenters. The van der Waals surface area contributed by atoms with Gasteiger partial charge in [0.25, 0.3) is 5.91 Å². The molecule has 0 spiro atoms. The lowest BCUT2D eigenvalue weighted by Crippen LogP contribution is -2.48. The molecule has 1 aliphatic carbocycles. The number of nitrogens with zero attached hydrogens (tertiary/aromatic N) is 3. The zero-order chi connectivity index (χ0) is 20.4. The summed E-state index contributed by atoms with van der Waals surface area (Å²) in [5.41, 5.74) is 1.03. The van der Waals surface area contributed by atoms with Gasteiger partial charge in [0.15, 0.2) is 5.89 Å². The maximum absolute atomic E-state index is 12.1. The number of amides is 1. The number of anilines is 1. The molecule has 1 aromatic carbocycles. The zero-order valence-corrected chi connectivity index (χ0v) is 18.0. The number of benzene rings is 1. The molecule has 2 aromatic rings. The second kappa shape index (κ2) is 8.94. The van der Waals surface area contributed by atoms with Gasteiger partial charge in [-0.2, -0.15) is 0 Å². The molecule has 0 bridgehead atoms. The first-order valence-corrected chi connectivity index (χ1v) is 10.9. The normalized spacial score (nSPS) is 22.4. The van der Waals surface area contributed by atoms with E-state index in [9.17, 15) is 4.79 Å². The van der Waals surface area contributed by atoms with Crippen LogP contribution in [0.15, 0.2) is 28.8 Å². The first-order chi connectivity index (χ1) is 14.0. The van der Waals surface area contributed by atoms with E-state index in [4.69, 9.17) is 27.6 Å². The molecule has 0 unspecified atom stereocenters. The fourth-order valence-corrected chi connectivity index (χ4v) is 4.54. The molecule has 1 saturated heterocycles. The van der Waals surface area contributed by atoms with E-state index in [0.717, 1.165) is 51.3 Å². The van der Waals surface area contributed by atoms with E-state index in [-0.39, 0.29) is 11.9 Å². The van der Waals surface area contributed by atoms with Gasteiger partial charge in [-0.05, 0) is 43.9 Å². The number of hydrogen-bond acceptors (Lipinski definition) is 5. The minimum absolute atomic E-state index is 0.162. The van der Waals surface area contributed by atoms with Crippen LogP contribution in [0.1, 0.15) is 35.7 Å². The van der Waals surface area contributed by atoms with Crippen molar-refractivity contribution in [3.8, 4) is 0 Å². The van der Waals surface area contributed by atoms with E-state index in [0.29, 0.717) is 27.6 Å². The maximum atomic E-state index is 12.1. The number of piperazine rings is 1. The molecule has 156 valence electrons. The molecule has 1 amide bonds. The highest BCUT2D eigenvalue weighted by Gasteiger charge is 2.31. The maximum Gasteiger partial charge on any atom is 0.288 e. The Morgan fingerprint density at radius 1 is 1.24 bits per heavy atom. The van der Waals surface area contributed by atoms with Crippen molar-refractivity contribution in [3.63, 3.8) is 0 Å². The molecule has 4 rings (SSSR count). The molecule has 2 heterocycles. The number of rotatable bonds is 6. The van der Waals surface area contributed by atoms with Gasteiger partial charge in [-0.15, -0.1) is 0 Å². The summed E-state index contributed by atoms with van der Waals surface area (Å²) in [6.07, 6.45) is 4.73. The van der Waals surface area contributed by atoms with E-state index in [1.807, 2.05) is 18.2 Å². The molecule has 2 aliphatic rings. The first kappa shape index (κ1) is 20.5. The van der Waals surface area contributed by atoms with E-state index >= 15 is 0 Å². The van der Waals surface area contributed by atoms with Gasteiger partial charge in [-0.25, -0.2) is 4.98 Å². The highest BCUT2D eigenvalue weighted by molar-refractivity contribution is 6.43. The van der Waals surface area contributed by atoms with Gasteiger partial charge in [0.05, 0.1) is 21.9 Å². The van der Waals surface area contributed by atoms with Crippen molar-refractivity contribution in [2.24, 2.45) is 5.92 Å². The Morgan fingerprint density at radius 3 is 2.69 bits per heavy atom. The largest absolute Gasteiger partial charge is 0.436 e. The third-order valence-corrected chi connectivity index (χ3v) is 6.72. The summed E-state index contributed by atoms with van der Waals surface area (Å²) >= 11 is 12.5. The number of carbonyl (C=O) groups excluding carboxylic acids is 1. The van der Waals surface area contributed by atoms with Crippen molar-refractivity contribution in [3.05, 3.63) is 46.1 Å². The highest BCUT2D eigenvalue weighted by atomic mass is 35.5. The lowest BCUT2D eigenvalue weighted by molar-refractivity contribution is 0.0848. The molecule has 1 N–H and O–H groups in total. The summed E-state index contributed by atoms with van der Waals surface area (Å²) < 4.78 is 5.27. The van der Waals surface area contributed by atoms with Crippen LogP contribution in [0.3, 0.4) is 0 Å². The minimum Gasteiger partial charge on any atom is -0.436 e. The Labute approximate surface area is 181 Å². The Hall–Kier alpha value is -1.76. The number of aryl methyl sites for hydroxylation is 1. The Balaban J connectivity index is 1.15. The molecule has 1 saturated carbocycles. The lowest BCUT2D eigenvalue weighted by atomic mass is 9.78. The first-order valence-electron chi connectivity index (χ1n) is 10.1. The summed E-state index contributed by atoms with van der Waals surface area (Å²) in [7, 11) is 0. The standard InChI is InChI=1S/C21H26Cl2N4O2/c1-14-24-13-19(29-14)21(28)25-16-11-15(12-16)5-6-26-7-9-27(10-8-26)18-4-2-3-17(22)20(18)23/h2-4,13,15-16H,5-12H2,1H3,(H,25,28)/t15-,16+. The van der Waals surface area contributed by atoms with Crippen molar-refractivity contribution < 1.29 is 9.21 Å². The summed E-state index contributed by atoms with van der Waals surface area (Å²) in [6.45, 7) is 6.81. The van der Waals surface area contributed by atoms with Crippen molar-refractivity contribution in [2.75, 3.05) is 37.6 Å². The molecule has 1 aliphatic heterocycles. The van der Waals surface area contributed by atoms with E-state index < -0.39 is 0 Å². The van der Waals surface area contributed by atoms with Crippen LogP contribution < -0.4 is 10.2 Å². The van der Waals surface area contributed by atoms with Gasteiger partial charge in [0.1, 0.15) is 0 Å². The molecule has 2 fully saturated rings. The van der Waals surface area contributed by atoms with Gasteiger partial charge < -0.3 is 14.6 Å². The monoisotopic (exact) mass is 436 g/mol. The summed E-state index contributed by atoms with van der Waals surface area (Å²) in [5.74, 6) is 1.32. The van der Waals surface area contributed by atoms with E-state index in [1.165, 1.54) is 12.6 Å². The van der Waals surface area contributed by atoms with Gasteiger partial charge >= 0.3 is 0 Å². The van der Waals surface area contributed by atoms with Crippen LogP contribution in [-0.4, -0.2) is 54.6 Å². The van der Waals surface area contributed by atoms with Crippen LogP contribution in [0.4, 0.5) is 5.69 Å². The smallest absolute Gasteiger partial charge is 0.288 e. The predicted molar refractivity (Wildman–Crippen MR) is 115 cm³/mol. The number of aromatic nitrogens is 1.